The molecule has 1 saturated carbocycles. The maximum Gasteiger partial charge on any atom is 0.137 e. The molecule has 0 spiro atoms. The first-order chi connectivity index (χ1) is 17.0. The number of likely N-dealkylation sites (tertiary alicyclic amines) is 1. The third-order valence-electron chi connectivity index (χ3n) is 9.93. The number of allylic oxidation sites excluding steroid dienone is 4. The summed E-state index contributed by atoms with van der Waals surface area (Å²) in [6, 6.07) is 8.61. The van der Waals surface area contributed by atoms with E-state index in [-0.39, 0.29) is 5.41 Å². The highest BCUT2D eigenvalue weighted by atomic mass is 19.1. The number of hydrogen-bond donors (Lipinski definition) is 0. The Hall–Kier alpha value is -1.94. The molecule has 3 unspecified atom stereocenters. The van der Waals surface area contributed by atoms with Crippen molar-refractivity contribution in [1.82, 2.24) is 4.90 Å². The Balaban J connectivity index is 1.28. The van der Waals surface area contributed by atoms with Crippen molar-refractivity contribution in [3.05, 3.63) is 46.5 Å². The lowest BCUT2D eigenvalue weighted by atomic mass is 9.56. The first-order valence-electron chi connectivity index (χ1n) is 14.1. The summed E-state index contributed by atoms with van der Waals surface area (Å²) in [5, 5.41) is 0. The number of nitrogens with zero attached hydrogens (tertiary/aromatic N) is 1. The molecule has 6 rings (SSSR count). The van der Waals surface area contributed by atoms with E-state index in [1.807, 2.05) is 0 Å². The average molecular weight is 478 g/mol. The van der Waals surface area contributed by atoms with Crippen molar-refractivity contribution >= 4 is 11.4 Å². The molecule has 1 aromatic rings. The normalized spacial score (nSPS) is 33.4. The van der Waals surface area contributed by atoms with Gasteiger partial charge in [-0.25, -0.2) is 4.39 Å². The molecule has 0 aromatic heterocycles. The predicted molar refractivity (Wildman–Crippen MR) is 138 cm³/mol. The number of rotatable bonds is 5. The minimum atomic E-state index is -0.718. The zero-order chi connectivity index (χ0) is 24.0. The zero-order valence-electron chi connectivity index (χ0n) is 21.3. The molecule has 0 bridgehead atoms. The number of ether oxygens (including phenoxy) is 1. The van der Waals surface area contributed by atoms with Crippen LogP contribution < -0.4 is 4.74 Å². The molecule has 4 atom stereocenters. The van der Waals surface area contributed by atoms with Crippen LogP contribution in [0.2, 0.25) is 0 Å². The number of Topliss-reactive ketones (excluding diaryl/α,β-unsaturated/α-hetero) is 1. The monoisotopic (exact) mass is 477 g/mol. The molecule has 4 aliphatic carbocycles. The molecule has 0 N–H and O–H groups in total. The third kappa shape index (κ3) is 4.30. The topological polar surface area (TPSA) is 29.5 Å². The maximum absolute atomic E-state index is 15.3. The van der Waals surface area contributed by atoms with Gasteiger partial charge in [0.2, 0.25) is 0 Å². The van der Waals surface area contributed by atoms with Gasteiger partial charge in [-0.15, -0.1) is 0 Å². The van der Waals surface area contributed by atoms with E-state index >= 15 is 4.39 Å². The average Bonchev–Trinajstić information content (AvgIpc) is 3.18. The fraction of sp³-hybridized carbons (Fsp3) is 0.645. The van der Waals surface area contributed by atoms with Gasteiger partial charge < -0.3 is 4.74 Å². The Kier molecular flexibility index (Phi) is 6.37. The predicted octanol–water partition coefficient (Wildman–Crippen LogP) is 6.92. The van der Waals surface area contributed by atoms with E-state index in [9.17, 15) is 4.79 Å². The summed E-state index contributed by atoms with van der Waals surface area (Å²) in [4.78, 5) is 14.7. The molecule has 35 heavy (non-hydrogen) atoms. The Morgan fingerprint density at radius 2 is 1.80 bits per heavy atom. The first kappa shape index (κ1) is 23.5. The van der Waals surface area contributed by atoms with Crippen molar-refractivity contribution in [3.63, 3.8) is 0 Å². The Morgan fingerprint density at radius 3 is 2.60 bits per heavy atom. The van der Waals surface area contributed by atoms with E-state index in [1.165, 1.54) is 60.2 Å². The maximum atomic E-state index is 15.3. The van der Waals surface area contributed by atoms with Gasteiger partial charge in [0.05, 0.1) is 0 Å². The van der Waals surface area contributed by atoms with Crippen LogP contribution in [0.15, 0.2) is 41.0 Å². The van der Waals surface area contributed by atoms with Crippen molar-refractivity contribution in [2.45, 2.75) is 83.7 Å². The molecule has 1 heterocycles. The van der Waals surface area contributed by atoms with Crippen LogP contribution in [0.25, 0.3) is 5.57 Å². The van der Waals surface area contributed by atoms with Gasteiger partial charge >= 0.3 is 0 Å². The van der Waals surface area contributed by atoms with Gasteiger partial charge in [0, 0.05) is 24.8 Å². The van der Waals surface area contributed by atoms with Crippen LogP contribution in [0, 0.1) is 17.3 Å². The van der Waals surface area contributed by atoms with E-state index in [0.717, 1.165) is 51.0 Å². The summed E-state index contributed by atoms with van der Waals surface area (Å²) in [5.74, 6) is 2.18. The smallest absolute Gasteiger partial charge is 0.137 e. The number of benzene rings is 1. The highest BCUT2D eigenvalue weighted by molar-refractivity contribution is 5.85. The second kappa shape index (κ2) is 9.50. The minimum absolute atomic E-state index is 0.268. The molecule has 0 amide bonds. The van der Waals surface area contributed by atoms with E-state index < -0.39 is 6.17 Å². The van der Waals surface area contributed by atoms with Gasteiger partial charge in [-0.3, -0.25) is 9.69 Å². The molecule has 1 saturated heterocycles. The Morgan fingerprint density at radius 1 is 1.00 bits per heavy atom. The van der Waals surface area contributed by atoms with Crippen LogP contribution in [0.5, 0.6) is 5.75 Å². The van der Waals surface area contributed by atoms with Crippen LogP contribution in [0.4, 0.5) is 4.39 Å². The number of fused-ring (bicyclic) bond motifs is 4. The van der Waals surface area contributed by atoms with Crippen molar-refractivity contribution in [2.24, 2.45) is 17.3 Å². The fourth-order valence-electron chi connectivity index (χ4n) is 8.03. The first-order valence-corrected chi connectivity index (χ1v) is 14.1. The van der Waals surface area contributed by atoms with Crippen LogP contribution in [-0.2, 0) is 4.79 Å². The summed E-state index contributed by atoms with van der Waals surface area (Å²) in [6.07, 6.45) is 10.0. The van der Waals surface area contributed by atoms with Crippen LogP contribution in [-0.4, -0.2) is 43.1 Å². The second-order valence-electron chi connectivity index (χ2n) is 11.9. The number of halogens is 1. The second-order valence-corrected chi connectivity index (χ2v) is 11.9. The highest BCUT2D eigenvalue weighted by Gasteiger charge is 2.55. The van der Waals surface area contributed by atoms with E-state index in [1.54, 1.807) is 0 Å². The van der Waals surface area contributed by atoms with Crippen molar-refractivity contribution in [2.75, 3.05) is 26.2 Å². The largest absolute Gasteiger partial charge is 0.492 e. The molecule has 1 aliphatic heterocycles. The molecule has 188 valence electrons. The molecular weight excluding hydrogens is 437 g/mol. The van der Waals surface area contributed by atoms with E-state index in [0.29, 0.717) is 36.9 Å². The quantitative estimate of drug-likeness (QED) is 0.461. The van der Waals surface area contributed by atoms with Crippen molar-refractivity contribution in [1.29, 1.82) is 0 Å². The summed E-state index contributed by atoms with van der Waals surface area (Å²) in [6.45, 7) is 6.31. The van der Waals surface area contributed by atoms with Crippen molar-refractivity contribution in [3.8, 4) is 5.75 Å². The SMILES string of the molecule is CC12CC(c3ccc(OCCN4CCCCC4)cc3)=C3C4=C(CCC3C1CC[C@H]2F)CC(=O)CC4. The summed E-state index contributed by atoms with van der Waals surface area (Å²) >= 11 is 0. The number of ketones is 1. The van der Waals surface area contributed by atoms with Gasteiger partial charge in [-0.05, 0) is 111 Å². The molecule has 3 nitrogen and oxygen atoms in total. The van der Waals surface area contributed by atoms with Crippen molar-refractivity contribution < 1.29 is 13.9 Å². The minimum Gasteiger partial charge on any atom is -0.492 e. The molecular formula is C31H40FNO2. The number of alkyl halides is 1. The standard InChI is InChI=1S/C31H40FNO2/c1-31-20-27(21-5-9-24(10-6-21)35-18-17-33-15-3-2-4-16-33)30-25-12-8-23(34)19-22(25)7-11-26(30)28(31)13-14-29(31)32/h5-6,9-10,26,28-29H,2-4,7-8,11-20H2,1H3/t26?,28?,29-,31?/m1/s1. The van der Waals surface area contributed by atoms with Gasteiger partial charge in [0.15, 0.2) is 0 Å². The highest BCUT2D eigenvalue weighted by Crippen LogP contribution is 2.63. The number of hydrogen-bond acceptors (Lipinski definition) is 3. The molecule has 1 aromatic carbocycles. The van der Waals surface area contributed by atoms with Gasteiger partial charge in [0.1, 0.15) is 24.3 Å². The lowest BCUT2D eigenvalue weighted by molar-refractivity contribution is -0.118. The van der Waals surface area contributed by atoms with Gasteiger partial charge in [-0.2, -0.15) is 0 Å². The van der Waals surface area contributed by atoms with E-state index in [2.05, 4.69) is 36.1 Å². The van der Waals surface area contributed by atoms with E-state index in [4.69, 9.17) is 4.74 Å². The van der Waals surface area contributed by atoms with Gasteiger partial charge in [0.25, 0.3) is 0 Å². The van der Waals surface area contributed by atoms with Crippen LogP contribution >= 0.6 is 0 Å². The number of carbonyl (C=O) groups excluding carboxylic acids is 1. The lowest BCUT2D eigenvalue weighted by Gasteiger charge is -2.48. The Labute approximate surface area is 209 Å². The molecule has 0 radical (unpaired) electrons. The number of carbonyl (C=O) groups is 1. The molecule has 4 heteroatoms. The van der Waals surface area contributed by atoms with Gasteiger partial charge in [-0.1, -0.05) is 31.1 Å². The van der Waals surface area contributed by atoms with Crippen LogP contribution in [0.3, 0.4) is 0 Å². The Bertz CT molecular complexity index is 1030. The fourth-order valence-corrected chi connectivity index (χ4v) is 8.03. The zero-order valence-corrected chi connectivity index (χ0v) is 21.3. The van der Waals surface area contributed by atoms with Crippen LogP contribution in [0.1, 0.15) is 83.1 Å². The third-order valence-corrected chi connectivity index (χ3v) is 9.93. The number of piperidine rings is 1. The summed E-state index contributed by atoms with van der Waals surface area (Å²) < 4.78 is 21.4. The summed E-state index contributed by atoms with van der Waals surface area (Å²) in [7, 11) is 0. The molecule has 5 aliphatic rings. The lowest BCUT2D eigenvalue weighted by Crippen LogP contribution is -2.41. The summed E-state index contributed by atoms with van der Waals surface area (Å²) in [5.41, 5.74) is 6.63. The molecule has 2 fully saturated rings.